The molecule has 0 aliphatic rings. The number of hydrogen-bond donors (Lipinski definition) is 0. The number of esters is 1. The maximum atomic E-state index is 10.9. The Morgan fingerprint density at radius 1 is 1.69 bits per heavy atom. The minimum atomic E-state index is -1.45. The van der Waals surface area contributed by atoms with Crippen molar-refractivity contribution in [3.63, 3.8) is 0 Å². The van der Waals surface area contributed by atoms with Gasteiger partial charge in [-0.05, 0) is 0 Å². The van der Waals surface area contributed by atoms with Crippen LogP contribution in [-0.2, 0) is 14.3 Å². The Hall–Kier alpha value is -1.46. The van der Waals surface area contributed by atoms with E-state index in [9.17, 15) is 19.7 Å². The summed E-state index contributed by atoms with van der Waals surface area (Å²) in [5.74, 6) is -1.56. The second-order valence-corrected chi connectivity index (χ2v) is 2.63. The third-order valence-corrected chi connectivity index (χ3v) is 1.68. The highest BCUT2D eigenvalue weighted by Gasteiger charge is 2.36. The van der Waals surface area contributed by atoms with E-state index in [1.54, 1.807) is 0 Å². The average molecular weight is 189 g/mol. The zero-order chi connectivity index (χ0) is 10.4. The van der Waals surface area contributed by atoms with Gasteiger partial charge in [-0.1, -0.05) is 6.92 Å². The molecule has 1 unspecified atom stereocenters. The maximum Gasteiger partial charge on any atom is 0.381 e. The van der Waals surface area contributed by atoms with Crippen molar-refractivity contribution in [3.8, 4) is 0 Å². The molecular weight excluding hydrogens is 178 g/mol. The van der Waals surface area contributed by atoms with Gasteiger partial charge in [-0.2, -0.15) is 0 Å². The van der Waals surface area contributed by atoms with Gasteiger partial charge in [0.15, 0.2) is 0 Å². The number of hydrogen-bond acceptors (Lipinski definition) is 5. The first-order chi connectivity index (χ1) is 6.04. The second-order valence-electron chi connectivity index (χ2n) is 2.63. The zero-order valence-corrected chi connectivity index (χ0v) is 7.43. The average Bonchev–Trinajstić information content (AvgIpc) is 2.04. The summed E-state index contributed by atoms with van der Waals surface area (Å²) in [4.78, 5) is 30.6. The molecule has 6 heteroatoms. The van der Waals surface area contributed by atoms with E-state index in [4.69, 9.17) is 0 Å². The van der Waals surface area contributed by atoms with E-state index in [-0.39, 0.29) is 6.42 Å². The summed E-state index contributed by atoms with van der Waals surface area (Å²) in [5, 5.41) is 10.4. The molecule has 0 aliphatic carbocycles. The zero-order valence-electron chi connectivity index (χ0n) is 7.43. The summed E-state index contributed by atoms with van der Waals surface area (Å²) in [5.41, 5.74) is 0. The van der Waals surface area contributed by atoms with Gasteiger partial charge in [-0.3, -0.25) is 10.1 Å². The molecule has 0 aliphatic heterocycles. The van der Waals surface area contributed by atoms with Gasteiger partial charge >= 0.3 is 12.0 Å². The van der Waals surface area contributed by atoms with E-state index in [1.807, 2.05) is 0 Å². The molecule has 0 aromatic carbocycles. The predicted octanol–water partition coefficient (Wildman–Crippen LogP) is 0.0298. The topological polar surface area (TPSA) is 86.5 Å². The number of ether oxygens (including phenoxy) is 1. The van der Waals surface area contributed by atoms with Crippen molar-refractivity contribution in [1.29, 1.82) is 0 Å². The molecule has 0 fully saturated rings. The van der Waals surface area contributed by atoms with Gasteiger partial charge in [-0.15, -0.1) is 0 Å². The molecule has 6 nitrogen and oxygen atoms in total. The molecule has 0 saturated carbocycles. The van der Waals surface area contributed by atoms with Crippen LogP contribution in [0.1, 0.15) is 13.3 Å². The van der Waals surface area contributed by atoms with Gasteiger partial charge in [0.2, 0.25) is 0 Å². The molecule has 0 rings (SSSR count). The number of carbonyl (C=O) groups excluding carboxylic acids is 2. The number of methoxy groups -OCH3 is 1. The molecule has 0 aromatic rings. The van der Waals surface area contributed by atoms with Crippen LogP contribution in [0.2, 0.25) is 0 Å². The van der Waals surface area contributed by atoms with Crippen LogP contribution in [0.5, 0.6) is 0 Å². The van der Waals surface area contributed by atoms with Crippen LogP contribution < -0.4 is 0 Å². The molecule has 2 atom stereocenters. The van der Waals surface area contributed by atoms with Gasteiger partial charge in [0, 0.05) is 17.3 Å². The van der Waals surface area contributed by atoms with E-state index in [0.29, 0.717) is 6.29 Å². The Morgan fingerprint density at radius 3 is 2.54 bits per heavy atom. The third kappa shape index (κ3) is 3.18. The first kappa shape index (κ1) is 11.5. The highest BCUT2D eigenvalue weighted by Crippen LogP contribution is 2.11. The molecule has 0 radical (unpaired) electrons. The van der Waals surface area contributed by atoms with Crippen LogP contribution in [-0.4, -0.2) is 30.3 Å². The lowest BCUT2D eigenvalue weighted by Gasteiger charge is -2.11. The van der Waals surface area contributed by atoms with Crippen LogP contribution >= 0.6 is 0 Å². The van der Waals surface area contributed by atoms with E-state index in [1.165, 1.54) is 6.92 Å². The Balaban J connectivity index is 4.49. The summed E-state index contributed by atoms with van der Waals surface area (Å²) in [6, 6.07) is -1.45. The van der Waals surface area contributed by atoms with E-state index >= 15 is 0 Å². The molecule has 0 saturated heterocycles. The summed E-state index contributed by atoms with van der Waals surface area (Å²) in [6.07, 6.45) is 0.519. The normalized spacial score (nSPS) is 14.3. The van der Waals surface area contributed by atoms with Gasteiger partial charge < -0.3 is 9.53 Å². The number of carbonyl (C=O) groups is 2. The minimum absolute atomic E-state index is 0.0270. The fourth-order valence-electron chi connectivity index (χ4n) is 0.928. The SMILES string of the molecule is COC(=O)C([C@H](C)CC=O)[N+](=O)[O-]. The molecule has 74 valence electrons. The lowest BCUT2D eigenvalue weighted by molar-refractivity contribution is -0.518. The minimum Gasteiger partial charge on any atom is -0.464 e. The molecule has 0 amide bonds. The fourth-order valence-corrected chi connectivity index (χ4v) is 0.928. The summed E-state index contributed by atoms with van der Waals surface area (Å²) < 4.78 is 4.24. The lowest BCUT2D eigenvalue weighted by Crippen LogP contribution is -2.36. The maximum absolute atomic E-state index is 10.9. The second kappa shape index (κ2) is 5.23. The van der Waals surface area contributed by atoms with Crippen molar-refractivity contribution >= 4 is 12.3 Å². The van der Waals surface area contributed by atoms with Gasteiger partial charge in [-0.25, -0.2) is 4.79 Å². The Morgan fingerprint density at radius 2 is 2.23 bits per heavy atom. The summed E-state index contributed by atoms with van der Waals surface area (Å²) in [6.45, 7) is 1.46. The standard InChI is InChI=1S/C7H11NO5/c1-5(3-4-9)6(8(11)12)7(10)13-2/h4-6H,3H2,1-2H3/t5-,6?/m1/s1. The first-order valence-electron chi connectivity index (χ1n) is 3.69. The highest BCUT2D eigenvalue weighted by atomic mass is 16.6. The molecule has 0 N–H and O–H groups in total. The predicted molar refractivity (Wildman–Crippen MR) is 42.6 cm³/mol. The van der Waals surface area contributed by atoms with E-state index < -0.39 is 22.9 Å². The highest BCUT2D eigenvalue weighted by molar-refractivity contribution is 5.75. The van der Waals surface area contributed by atoms with Crippen molar-refractivity contribution in [3.05, 3.63) is 10.1 Å². The Bertz CT molecular complexity index is 215. The van der Waals surface area contributed by atoms with Crippen LogP contribution in [0, 0.1) is 16.0 Å². The number of rotatable bonds is 5. The fraction of sp³-hybridized carbons (Fsp3) is 0.714. The van der Waals surface area contributed by atoms with Crippen molar-refractivity contribution in [2.24, 2.45) is 5.92 Å². The van der Waals surface area contributed by atoms with Gasteiger partial charge in [0.25, 0.3) is 0 Å². The summed E-state index contributed by atoms with van der Waals surface area (Å²) >= 11 is 0. The largest absolute Gasteiger partial charge is 0.464 e. The van der Waals surface area contributed by atoms with E-state index in [0.717, 1.165) is 7.11 Å². The van der Waals surface area contributed by atoms with Crippen LogP contribution in [0.3, 0.4) is 0 Å². The molecular formula is C7H11NO5. The molecule has 0 heterocycles. The van der Waals surface area contributed by atoms with E-state index in [2.05, 4.69) is 4.74 Å². The monoisotopic (exact) mass is 189 g/mol. The van der Waals surface area contributed by atoms with Crippen molar-refractivity contribution in [2.75, 3.05) is 7.11 Å². The third-order valence-electron chi connectivity index (χ3n) is 1.68. The number of nitro groups is 1. The van der Waals surface area contributed by atoms with Crippen LogP contribution in [0.25, 0.3) is 0 Å². The van der Waals surface area contributed by atoms with Crippen LogP contribution in [0.15, 0.2) is 0 Å². The molecule has 0 spiro atoms. The van der Waals surface area contributed by atoms with Crippen LogP contribution in [0.4, 0.5) is 0 Å². The van der Waals surface area contributed by atoms with Gasteiger partial charge in [0.1, 0.15) is 6.29 Å². The molecule has 13 heavy (non-hydrogen) atoms. The Kier molecular flexibility index (Phi) is 4.64. The molecule has 0 aromatic heterocycles. The molecule has 0 bridgehead atoms. The van der Waals surface area contributed by atoms with Gasteiger partial charge in [0.05, 0.1) is 7.11 Å². The van der Waals surface area contributed by atoms with Crippen molar-refractivity contribution < 1.29 is 19.2 Å². The van der Waals surface area contributed by atoms with Crippen molar-refractivity contribution in [2.45, 2.75) is 19.4 Å². The number of nitrogens with zero attached hydrogens (tertiary/aromatic N) is 1. The Labute approximate surface area is 75.0 Å². The quantitative estimate of drug-likeness (QED) is 0.263. The summed E-state index contributed by atoms with van der Waals surface area (Å²) in [7, 11) is 1.08. The lowest BCUT2D eigenvalue weighted by atomic mass is 10.00. The number of aldehydes is 1. The first-order valence-corrected chi connectivity index (χ1v) is 3.69. The smallest absolute Gasteiger partial charge is 0.381 e. The van der Waals surface area contributed by atoms with Crippen molar-refractivity contribution in [1.82, 2.24) is 0 Å².